The lowest BCUT2D eigenvalue weighted by atomic mass is 9.89. The van der Waals surface area contributed by atoms with Gasteiger partial charge in [-0.25, -0.2) is 9.18 Å². The largest absolute Gasteiger partial charge is 0.388 e. The number of nitrogens with one attached hydrogen (secondary N) is 2. The molecule has 0 aliphatic carbocycles. The van der Waals surface area contributed by atoms with Crippen LogP contribution in [-0.2, 0) is 0 Å². The maximum atomic E-state index is 13.3. The summed E-state index contributed by atoms with van der Waals surface area (Å²) in [6.07, 6.45) is 0.819. The number of halogens is 1. The van der Waals surface area contributed by atoms with Crippen LogP contribution in [-0.4, -0.2) is 23.3 Å². The number of hydrogen-bond donors (Lipinski definition) is 3. The summed E-state index contributed by atoms with van der Waals surface area (Å²) < 4.78 is 13.3. The highest BCUT2D eigenvalue weighted by Gasteiger charge is 2.27. The maximum Gasteiger partial charge on any atom is 0.319 e. The number of hydrogen-bond acceptors (Lipinski definition) is 2. The first-order valence-corrected chi connectivity index (χ1v) is 6.80. The Morgan fingerprint density at radius 1 is 1.50 bits per heavy atom. The molecule has 0 saturated heterocycles. The van der Waals surface area contributed by atoms with Gasteiger partial charge in [0.25, 0.3) is 0 Å². The second kappa shape index (κ2) is 6.70. The number of urea groups is 1. The monoisotopic (exact) mass is 282 g/mol. The van der Waals surface area contributed by atoms with Gasteiger partial charge in [-0.05, 0) is 31.9 Å². The van der Waals surface area contributed by atoms with Gasteiger partial charge in [0, 0.05) is 17.8 Å². The lowest BCUT2D eigenvalue weighted by Gasteiger charge is -2.29. The number of rotatable bonds is 5. The fourth-order valence-corrected chi connectivity index (χ4v) is 1.78. The van der Waals surface area contributed by atoms with Crippen LogP contribution in [0.3, 0.4) is 0 Å². The van der Waals surface area contributed by atoms with Crippen LogP contribution >= 0.6 is 0 Å². The molecule has 2 atom stereocenters. The number of anilines is 1. The number of carbonyl (C=O) groups excluding carboxylic acids is 1. The molecule has 5 heteroatoms. The van der Waals surface area contributed by atoms with Crippen LogP contribution in [0.2, 0.25) is 0 Å². The first kappa shape index (κ1) is 16.4. The van der Waals surface area contributed by atoms with Crippen molar-refractivity contribution in [2.24, 2.45) is 5.92 Å². The normalized spacial score (nSPS) is 15.3. The Bertz CT molecular complexity index is 475. The first-order chi connectivity index (χ1) is 9.27. The third-order valence-corrected chi connectivity index (χ3v) is 3.80. The van der Waals surface area contributed by atoms with Gasteiger partial charge in [-0.2, -0.15) is 0 Å². The van der Waals surface area contributed by atoms with E-state index in [-0.39, 0.29) is 18.3 Å². The van der Waals surface area contributed by atoms with Crippen molar-refractivity contribution in [2.45, 2.75) is 39.7 Å². The van der Waals surface area contributed by atoms with Crippen molar-refractivity contribution in [1.82, 2.24) is 5.32 Å². The summed E-state index contributed by atoms with van der Waals surface area (Å²) in [7, 11) is 0. The van der Waals surface area contributed by atoms with Crippen molar-refractivity contribution < 1.29 is 14.3 Å². The quantitative estimate of drug-likeness (QED) is 0.777. The lowest BCUT2D eigenvalue weighted by molar-refractivity contribution is 0.00827. The zero-order chi connectivity index (χ0) is 15.3. The Morgan fingerprint density at radius 3 is 2.75 bits per heavy atom. The van der Waals surface area contributed by atoms with E-state index in [0.29, 0.717) is 11.3 Å². The Labute approximate surface area is 119 Å². The summed E-state index contributed by atoms with van der Waals surface area (Å²) >= 11 is 0. The molecule has 112 valence electrons. The van der Waals surface area contributed by atoms with Crippen LogP contribution in [0.1, 0.15) is 32.8 Å². The lowest BCUT2D eigenvalue weighted by Crippen LogP contribution is -2.46. The standard InChI is InChI=1S/C15H23FN2O2/c1-5-10(2)15(4,20)9-17-14(19)18-13-8-6-7-12(16)11(13)3/h6-8,10,20H,5,9H2,1-4H3,(H2,17,18,19). The molecule has 0 aliphatic heterocycles. The molecule has 0 saturated carbocycles. The number of benzene rings is 1. The minimum atomic E-state index is -0.969. The molecule has 3 N–H and O–H groups in total. The van der Waals surface area contributed by atoms with Crippen molar-refractivity contribution in [3.63, 3.8) is 0 Å². The molecule has 20 heavy (non-hydrogen) atoms. The summed E-state index contributed by atoms with van der Waals surface area (Å²) in [6, 6.07) is 4.05. The smallest absolute Gasteiger partial charge is 0.319 e. The third kappa shape index (κ3) is 4.20. The van der Waals surface area contributed by atoms with Crippen LogP contribution in [0.25, 0.3) is 0 Å². The molecule has 0 spiro atoms. The molecule has 1 aromatic rings. The van der Waals surface area contributed by atoms with Gasteiger partial charge in [-0.3, -0.25) is 0 Å². The molecule has 0 aliphatic rings. The minimum absolute atomic E-state index is 0.0682. The molecule has 0 heterocycles. The summed E-state index contributed by atoms with van der Waals surface area (Å²) in [5, 5.41) is 15.4. The Morgan fingerprint density at radius 2 is 2.15 bits per heavy atom. The van der Waals surface area contributed by atoms with Crippen molar-refractivity contribution in [1.29, 1.82) is 0 Å². The van der Waals surface area contributed by atoms with Gasteiger partial charge in [0.15, 0.2) is 0 Å². The molecule has 2 amide bonds. The van der Waals surface area contributed by atoms with Gasteiger partial charge in [0.2, 0.25) is 0 Å². The van der Waals surface area contributed by atoms with E-state index in [9.17, 15) is 14.3 Å². The van der Waals surface area contributed by atoms with E-state index in [0.717, 1.165) is 6.42 Å². The summed E-state index contributed by atoms with van der Waals surface area (Å²) in [5.74, 6) is -0.298. The number of carbonyl (C=O) groups is 1. The zero-order valence-corrected chi connectivity index (χ0v) is 12.5. The molecule has 4 nitrogen and oxygen atoms in total. The number of amides is 2. The van der Waals surface area contributed by atoms with E-state index in [2.05, 4.69) is 10.6 Å². The van der Waals surface area contributed by atoms with E-state index < -0.39 is 11.6 Å². The Balaban J connectivity index is 2.59. The van der Waals surface area contributed by atoms with Gasteiger partial charge >= 0.3 is 6.03 Å². The summed E-state index contributed by atoms with van der Waals surface area (Å²) in [6.45, 7) is 7.34. The predicted octanol–water partition coefficient (Wildman–Crippen LogP) is 3.05. The number of aliphatic hydroxyl groups is 1. The summed E-state index contributed by atoms with van der Waals surface area (Å²) in [4.78, 5) is 11.8. The van der Waals surface area contributed by atoms with Crippen molar-refractivity contribution in [3.05, 3.63) is 29.6 Å². The van der Waals surface area contributed by atoms with E-state index in [1.807, 2.05) is 13.8 Å². The summed E-state index contributed by atoms with van der Waals surface area (Å²) in [5.41, 5.74) is -0.162. The highest BCUT2D eigenvalue weighted by atomic mass is 19.1. The van der Waals surface area contributed by atoms with E-state index in [1.54, 1.807) is 19.9 Å². The Kier molecular flexibility index (Phi) is 5.51. The van der Waals surface area contributed by atoms with Crippen molar-refractivity contribution >= 4 is 11.7 Å². The zero-order valence-electron chi connectivity index (χ0n) is 12.5. The molecule has 0 aromatic heterocycles. The molecule has 0 bridgehead atoms. The minimum Gasteiger partial charge on any atom is -0.388 e. The molecule has 0 radical (unpaired) electrons. The van der Waals surface area contributed by atoms with Gasteiger partial charge in [0.05, 0.1) is 5.60 Å². The van der Waals surface area contributed by atoms with Crippen molar-refractivity contribution in [3.8, 4) is 0 Å². The average Bonchev–Trinajstić information content (AvgIpc) is 2.41. The van der Waals surface area contributed by atoms with Crippen LogP contribution in [0.5, 0.6) is 0 Å². The maximum absolute atomic E-state index is 13.3. The predicted molar refractivity (Wildman–Crippen MR) is 78.2 cm³/mol. The average molecular weight is 282 g/mol. The first-order valence-electron chi connectivity index (χ1n) is 6.80. The van der Waals surface area contributed by atoms with Crippen LogP contribution in [0.15, 0.2) is 18.2 Å². The molecular formula is C15H23FN2O2. The van der Waals surface area contributed by atoms with Gasteiger partial charge in [-0.15, -0.1) is 0 Å². The second-order valence-corrected chi connectivity index (χ2v) is 5.39. The van der Waals surface area contributed by atoms with Gasteiger partial charge in [-0.1, -0.05) is 26.3 Å². The van der Waals surface area contributed by atoms with Crippen LogP contribution < -0.4 is 10.6 Å². The third-order valence-electron chi connectivity index (χ3n) is 3.80. The van der Waals surface area contributed by atoms with Crippen LogP contribution in [0.4, 0.5) is 14.9 Å². The van der Waals surface area contributed by atoms with E-state index >= 15 is 0 Å². The fourth-order valence-electron chi connectivity index (χ4n) is 1.78. The van der Waals surface area contributed by atoms with E-state index in [1.165, 1.54) is 12.1 Å². The molecule has 2 unspecified atom stereocenters. The topological polar surface area (TPSA) is 61.4 Å². The SMILES string of the molecule is CCC(C)C(C)(O)CNC(=O)Nc1cccc(F)c1C. The molecule has 1 aromatic carbocycles. The van der Waals surface area contributed by atoms with Crippen molar-refractivity contribution in [2.75, 3.05) is 11.9 Å². The molecule has 0 fully saturated rings. The highest BCUT2D eigenvalue weighted by Crippen LogP contribution is 2.19. The fraction of sp³-hybridized carbons (Fsp3) is 0.533. The molecule has 1 rings (SSSR count). The highest BCUT2D eigenvalue weighted by molar-refractivity contribution is 5.90. The van der Waals surface area contributed by atoms with E-state index in [4.69, 9.17) is 0 Å². The molecular weight excluding hydrogens is 259 g/mol. The van der Waals surface area contributed by atoms with Crippen LogP contribution in [0, 0.1) is 18.7 Å². The van der Waals surface area contributed by atoms with Gasteiger partial charge < -0.3 is 15.7 Å². The second-order valence-electron chi connectivity index (χ2n) is 5.39. The van der Waals surface area contributed by atoms with Gasteiger partial charge in [0.1, 0.15) is 5.82 Å². The Hall–Kier alpha value is -1.62.